The van der Waals surface area contributed by atoms with Gasteiger partial charge in [-0.2, -0.15) is 0 Å². The topological polar surface area (TPSA) is 42.4 Å². The molecule has 0 aromatic carbocycles. The first-order valence-corrected chi connectivity index (χ1v) is 9.30. The van der Waals surface area contributed by atoms with Crippen LogP contribution in [0.3, 0.4) is 0 Å². The first-order chi connectivity index (χ1) is 10.7. The lowest BCUT2D eigenvalue weighted by molar-refractivity contribution is -0.127. The van der Waals surface area contributed by atoms with Crippen LogP contribution in [-0.2, 0) is 4.79 Å². The highest BCUT2D eigenvalue weighted by Crippen LogP contribution is 2.30. The van der Waals surface area contributed by atoms with Gasteiger partial charge in [-0.1, -0.05) is 24.4 Å². The fourth-order valence-corrected chi connectivity index (χ4v) is 4.42. The van der Waals surface area contributed by atoms with E-state index in [2.05, 4.69) is 4.98 Å². The van der Waals surface area contributed by atoms with E-state index in [1.165, 1.54) is 25.7 Å². The normalized spacial score (nSPS) is 22.2. The Morgan fingerprint density at radius 1 is 1.41 bits per heavy atom. The SMILES string of the molecule is O=C(CSC1CCCC1)N1CCC(Oc2ccncc2Cl)C1. The molecule has 3 rings (SSSR count). The van der Waals surface area contributed by atoms with Crippen molar-refractivity contribution in [2.24, 2.45) is 0 Å². The maximum atomic E-state index is 12.3. The van der Waals surface area contributed by atoms with Crippen LogP contribution in [0.15, 0.2) is 18.5 Å². The number of nitrogens with zero attached hydrogens (tertiary/aromatic N) is 2. The highest BCUT2D eigenvalue weighted by atomic mass is 35.5. The van der Waals surface area contributed by atoms with Crippen LogP contribution in [0.1, 0.15) is 32.1 Å². The lowest BCUT2D eigenvalue weighted by Crippen LogP contribution is -2.32. The van der Waals surface area contributed by atoms with E-state index >= 15 is 0 Å². The minimum Gasteiger partial charge on any atom is -0.487 e. The Balaban J connectivity index is 1.45. The van der Waals surface area contributed by atoms with Crippen molar-refractivity contribution in [3.63, 3.8) is 0 Å². The van der Waals surface area contributed by atoms with Crippen LogP contribution in [-0.4, -0.2) is 46.0 Å². The maximum absolute atomic E-state index is 12.3. The Kier molecular flexibility index (Phi) is 5.47. The number of hydrogen-bond donors (Lipinski definition) is 0. The van der Waals surface area contributed by atoms with Crippen LogP contribution in [0.2, 0.25) is 5.02 Å². The number of rotatable bonds is 5. The van der Waals surface area contributed by atoms with Gasteiger partial charge in [0.15, 0.2) is 0 Å². The van der Waals surface area contributed by atoms with Gasteiger partial charge < -0.3 is 9.64 Å². The molecule has 0 spiro atoms. The standard InChI is InChI=1S/C16H21ClN2O2S/c17-14-9-18-7-5-15(14)21-12-6-8-19(10-12)16(20)11-22-13-3-1-2-4-13/h5,7,9,12-13H,1-4,6,8,10-11H2. The first-order valence-electron chi connectivity index (χ1n) is 7.88. The monoisotopic (exact) mass is 340 g/mol. The summed E-state index contributed by atoms with van der Waals surface area (Å²) in [5, 5.41) is 1.21. The molecule has 120 valence electrons. The highest BCUT2D eigenvalue weighted by molar-refractivity contribution is 8.00. The van der Waals surface area contributed by atoms with E-state index in [0.717, 1.165) is 13.0 Å². The van der Waals surface area contributed by atoms with Crippen molar-refractivity contribution >= 4 is 29.3 Å². The third-order valence-electron chi connectivity index (χ3n) is 4.27. The largest absolute Gasteiger partial charge is 0.487 e. The van der Waals surface area contributed by atoms with E-state index in [9.17, 15) is 4.79 Å². The average Bonchev–Trinajstić information content (AvgIpc) is 3.19. The van der Waals surface area contributed by atoms with Gasteiger partial charge in [-0.25, -0.2) is 0 Å². The van der Waals surface area contributed by atoms with Crippen LogP contribution in [0.5, 0.6) is 5.75 Å². The highest BCUT2D eigenvalue weighted by Gasteiger charge is 2.28. The molecule has 1 aromatic rings. The molecule has 22 heavy (non-hydrogen) atoms. The lowest BCUT2D eigenvalue weighted by atomic mass is 10.3. The van der Waals surface area contributed by atoms with E-state index < -0.39 is 0 Å². The molecule has 1 aliphatic carbocycles. The Bertz CT molecular complexity index is 523. The first kappa shape index (κ1) is 15.9. The second-order valence-electron chi connectivity index (χ2n) is 5.89. The zero-order chi connectivity index (χ0) is 15.4. The fourth-order valence-electron chi connectivity index (χ4n) is 3.02. The van der Waals surface area contributed by atoms with Crippen molar-refractivity contribution < 1.29 is 9.53 Å². The number of thioether (sulfide) groups is 1. The summed E-state index contributed by atoms with van der Waals surface area (Å²) in [6, 6.07) is 1.77. The maximum Gasteiger partial charge on any atom is 0.232 e. The minimum absolute atomic E-state index is 0.0281. The Labute approximate surface area is 140 Å². The molecular formula is C16H21ClN2O2S. The third kappa shape index (κ3) is 4.07. The summed E-state index contributed by atoms with van der Waals surface area (Å²) in [6.45, 7) is 1.43. The van der Waals surface area contributed by atoms with Crippen molar-refractivity contribution in [2.75, 3.05) is 18.8 Å². The van der Waals surface area contributed by atoms with Crippen LogP contribution < -0.4 is 4.74 Å². The molecule has 0 radical (unpaired) electrons. The van der Waals surface area contributed by atoms with Gasteiger partial charge in [-0.15, -0.1) is 11.8 Å². The molecule has 1 saturated heterocycles. The molecule has 1 amide bonds. The number of amides is 1. The summed E-state index contributed by atoms with van der Waals surface area (Å²) in [6.07, 6.45) is 9.30. The van der Waals surface area contributed by atoms with Gasteiger partial charge in [0.05, 0.1) is 12.3 Å². The molecule has 2 heterocycles. The van der Waals surface area contributed by atoms with Crippen molar-refractivity contribution in [1.29, 1.82) is 0 Å². The van der Waals surface area contributed by atoms with Gasteiger partial charge in [0, 0.05) is 36.7 Å². The zero-order valence-corrected chi connectivity index (χ0v) is 14.1. The number of pyridine rings is 1. The zero-order valence-electron chi connectivity index (χ0n) is 12.5. The molecule has 1 aliphatic heterocycles. The van der Waals surface area contributed by atoms with Gasteiger partial charge >= 0.3 is 0 Å². The van der Waals surface area contributed by atoms with E-state index in [0.29, 0.717) is 28.3 Å². The minimum atomic E-state index is 0.0281. The number of aromatic nitrogens is 1. The third-order valence-corrected chi connectivity index (χ3v) is 5.91. The number of hydrogen-bond acceptors (Lipinski definition) is 4. The van der Waals surface area contributed by atoms with Crippen molar-refractivity contribution in [1.82, 2.24) is 9.88 Å². The number of carbonyl (C=O) groups excluding carboxylic acids is 1. The molecule has 1 aromatic heterocycles. The van der Waals surface area contributed by atoms with Crippen LogP contribution in [0.4, 0.5) is 0 Å². The molecule has 1 atom stereocenters. The lowest BCUT2D eigenvalue weighted by Gasteiger charge is -2.18. The number of likely N-dealkylation sites (tertiary alicyclic amines) is 1. The van der Waals surface area contributed by atoms with Crippen LogP contribution >= 0.6 is 23.4 Å². The Morgan fingerprint density at radius 2 is 2.23 bits per heavy atom. The Morgan fingerprint density at radius 3 is 3.00 bits per heavy atom. The molecule has 0 N–H and O–H groups in total. The van der Waals surface area contributed by atoms with E-state index in [4.69, 9.17) is 16.3 Å². The molecular weight excluding hydrogens is 320 g/mol. The number of halogens is 1. The van der Waals surface area contributed by atoms with E-state index in [1.54, 1.807) is 18.5 Å². The van der Waals surface area contributed by atoms with Crippen molar-refractivity contribution in [2.45, 2.75) is 43.5 Å². The molecule has 1 saturated carbocycles. The molecule has 2 aliphatic rings. The Hall–Kier alpha value is -0.940. The summed E-state index contributed by atoms with van der Waals surface area (Å²) >= 11 is 7.88. The smallest absolute Gasteiger partial charge is 0.232 e. The summed E-state index contributed by atoms with van der Waals surface area (Å²) in [5.74, 6) is 1.49. The van der Waals surface area contributed by atoms with Crippen molar-refractivity contribution in [3.8, 4) is 5.75 Å². The summed E-state index contributed by atoms with van der Waals surface area (Å²) < 4.78 is 5.89. The fraction of sp³-hybridized carbons (Fsp3) is 0.625. The van der Waals surface area contributed by atoms with Gasteiger partial charge in [-0.05, 0) is 12.8 Å². The molecule has 0 bridgehead atoms. The van der Waals surface area contributed by atoms with Gasteiger partial charge in [0.1, 0.15) is 16.9 Å². The van der Waals surface area contributed by atoms with Gasteiger partial charge in [-0.3, -0.25) is 9.78 Å². The molecule has 6 heteroatoms. The number of ether oxygens (including phenoxy) is 1. The van der Waals surface area contributed by atoms with Crippen LogP contribution in [0, 0.1) is 0 Å². The predicted molar refractivity (Wildman–Crippen MR) is 89.6 cm³/mol. The van der Waals surface area contributed by atoms with E-state index in [1.807, 2.05) is 16.7 Å². The van der Waals surface area contributed by atoms with Crippen LogP contribution in [0.25, 0.3) is 0 Å². The van der Waals surface area contributed by atoms with Gasteiger partial charge in [0.2, 0.25) is 5.91 Å². The molecule has 1 unspecified atom stereocenters. The van der Waals surface area contributed by atoms with E-state index in [-0.39, 0.29) is 12.0 Å². The quantitative estimate of drug-likeness (QED) is 0.824. The average molecular weight is 341 g/mol. The second kappa shape index (κ2) is 7.55. The summed E-state index contributed by atoms with van der Waals surface area (Å²) in [5.41, 5.74) is 0. The summed E-state index contributed by atoms with van der Waals surface area (Å²) in [4.78, 5) is 18.1. The number of carbonyl (C=O) groups is 1. The summed E-state index contributed by atoms with van der Waals surface area (Å²) in [7, 11) is 0. The predicted octanol–water partition coefficient (Wildman–Crippen LogP) is 3.39. The van der Waals surface area contributed by atoms with Crippen molar-refractivity contribution in [3.05, 3.63) is 23.5 Å². The van der Waals surface area contributed by atoms with Gasteiger partial charge in [0.25, 0.3) is 0 Å². The molecule has 2 fully saturated rings. The molecule has 4 nitrogen and oxygen atoms in total. The second-order valence-corrected chi connectivity index (χ2v) is 7.59.